The number of benzene rings is 2. The average molecular weight is 370 g/mol. The minimum atomic E-state index is -0.221. The number of para-hydroxylation sites is 1. The fourth-order valence-corrected chi connectivity index (χ4v) is 3.27. The molecule has 0 atom stereocenters. The number of nitrogens with zero attached hydrogens (tertiary/aromatic N) is 2. The van der Waals surface area contributed by atoms with Crippen molar-refractivity contribution in [3.8, 4) is 5.75 Å². The van der Waals surface area contributed by atoms with Crippen LogP contribution in [-0.4, -0.2) is 43.6 Å². The second-order valence-corrected chi connectivity index (χ2v) is 7.29. The summed E-state index contributed by atoms with van der Waals surface area (Å²) in [6.45, 7) is 8.66. The van der Waals surface area contributed by atoms with Crippen LogP contribution in [0.2, 0.25) is 0 Å². The molecule has 0 radical (unpaired) electrons. The molecule has 2 aromatic rings. The standard InChI is InChI=1S/C22H27FN2O2/c1-16(2)18-9-8-17(3)21(14-18)27-15-22(26)25-12-10-24(11-13-25)20-7-5-4-6-19(20)23/h4-9,14,16H,10-13,15H2,1-3H3. The van der Waals surface area contributed by atoms with Crippen molar-refractivity contribution >= 4 is 11.6 Å². The second kappa shape index (κ2) is 8.42. The number of aryl methyl sites for hydroxylation is 1. The first-order valence-corrected chi connectivity index (χ1v) is 9.46. The molecule has 1 amide bonds. The molecule has 1 aliphatic rings. The predicted octanol–water partition coefficient (Wildman–Crippen LogP) is 3.99. The maximum absolute atomic E-state index is 13.9. The van der Waals surface area contributed by atoms with Crippen LogP contribution >= 0.6 is 0 Å². The summed E-state index contributed by atoms with van der Waals surface area (Å²) in [4.78, 5) is 16.3. The lowest BCUT2D eigenvalue weighted by Crippen LogP contribution is -2.50. The van der Waals surface area contributed by atoms with Crippen LogP contribution in [0.15, 0.2) is 42.5 Å². The van der Waals surface area contributed by atoms with Crippen LogP contribution in [0.5, 0.6) is 5.75 Å². The molecule has 1 fully saturated rings. The molecule has 0 aliphatic carbocycles. The van der Waals surface area contributed by atoms with Gasteiger partial charge in [0.25, 0.3) is 5.91 Å². The number of carbonyl (C=O) groups excluding carboxylic acids is 1. The molecule has 4 nitrogen and oxygen atoms in total. The van der Waals surface area contributed by atoms with Gasteiger partial charge in [0.2, 0.25) is 0 Å². The monoisotopic (exact) mass is 370 g/mol. The molecule has 0 N–H and O–H groups in total. The van der Waals surface area contributed by atoms with E-state index < -0.39 is 0 Å². The molecule has 144 valence electrons. The maximum atomic E-state index is 13.9. The Morgan fingerprint density at radius 2 is 1.81 bits per heavy atom. The van der Waals surface area contributed by atoms with Gasteiger partial charge in [0, 0.05) is 26.2 Å². The molecule has 1 aliphatic heterocycles. The predicted molar refractivity (Wildman–Crippen MR) is 106 cm³/mol. The Kier molecular flexibility index (Phi) is 5.99. The first kappa shape index (κ1) is 19.2. The zero-order valence-corrected chi connectivity index (χ0v) is 16.2. The van der Waals surface area contributed by atoms with Crippen LogP contribution in [0.3, 0.4) is 0 Å². The van der Waals surface area contributed by atoms with Gasteiger partial charge in [0.05, 0.1) is 5.69 Å². The Hall–Kier alpha value is -2.56. The van der Waals surface area contributed by atoms with E-state index in [4.69, 9.17) is 4.74 Å². The fraction of sp³-hybridized carbons (Fsp3) is 0.409. The van der Waals surface area contributed by atoms with E-state index in [0.29, 0.717) is 37.8 Å². The molecule has 1 heterocycles. The van der Waals surface area contributed by atoms with Gasteiger partial charge >= 0.3 is 0 Å². The van der Waals surface area contributed by atoms with Gasteiger partial charge in [-0.15, -0.1) is 0 Å². The highest BCUT2D eigenvalue weighted by Crippen LogP contribution is 2.24. The molecule has 3 rings (SSSR count). The van der Waals surface area contributed by atoms with Gasteiger partial charge in [0.15, 0.2) is 6.61 Å². The number of anilines is 1. The van der Waals surface area contributed by atoms with E-state index in [9.17, 15) is 9.18 Å². The molecule has 0 unspecified atom stereocenters. The molecule has 0 bridgehead atoms. The smallest absolute Gasteiger partial charge is 0.260 e. The molecule has 0 spiro atoms. The van der Waals surface area contributed by atoms with Crippen molar-refractivity contribution in [3.63, 3.8) is 0 Å². The lowest BCUT2D eigenvalue weighted by atomic mass is 10.0. The van der Waals surface area contributed by atoms with Crippen LogP contribution in [0.25, 0.3) is 0 Å². The van der Waals surface area contributed by atoms with Gasteiger partial charge < -0.3 is 14.5 Å². The summed E-state index contributed by atoms with van der Waals surface area (Å²) in [5.74, 6) is 0.924. The van der Waals surface area contributed by atoms with Gasteiger partial charge in [-0.2, -0.15) is 0 Å². The third-order valence-electron chi connectivity index (χ3n) is 5.06. The van der Waals surface area contributed by atoms with E-state index >= 15 is 0 Å². The van der Waals surface area contributed by atoms with Crippen molar-refractivity contribution in [2.24, 2.45) is 0 Å². The number of amides is 1. The molecule has 0 aromatic heterocycles. The zero-order chi connectivity index (χ0) is 19.4. The second-order valence-electron chi connectivity index (χ2n) is 7.29. The highest BCUT2D eigenvalue weighted by Gasteiger charge is 2.23. The van der Waals surface area contributed by atoms with E-state index in [-0.39, 0.29) is 18.3 Å². The normalized spacial score (nSPS) is 14.6. The number of carbonyl (C=O) groups is 1. The summed E-state index contributed by atoms with van der Waals surface area (Å²) < 4.78 is 19.7. The minimum Gasteiger partial charge on any atom is -0.483 e. The largest absolute Gasteiger partial charge is 0.483 e. The molecule has 1 saturated heterocycles. The molecular weight excluding hydrogens is 343 g/mol. The van der Waals surface area contributed by atoms with Crippen LogP contribution < -0.4 is 9.64 Å². The van der Waals surface area contributed by atoms with E-state index in [0.717, 1.165) is 11.3 Å². The zero-order valence-electron chi connectivity index (χ0n) is 16.2. The Morgan fingerprint density at radius 1 is 1.11 bits per heavy atom. The molecule has 5 heteroatoms. The van der Waals surface area contributed by atoms with Crippen molar-refractivity contribution in [2.45, 2.75) is 26.7 Å². The van der Waals surface area contributed by atoms with Gasteiger partial charge in [-0.1, -0.05) is 38.1 Å². The Bertz CT molecular complexity index is 799. The number of ether oxygens (including phenoxy) is 1. The number of rotatable bonds is 5. The van der Waals surface area contributed by atoms with Crippen molar-refractivity contribution in [1.29, 1.82) is 0 Å². The average Bonchev–Trinajstić information content (AvgIpc) is 2.67. The third-order valence-corrected chi connectivity index (χ3v) is 5.06. The van der Waals surface area contributed by atoms with Gasteiger partial charge in [-0.3, -0.25) is 4.79 Å². The summed E-state index contributed by atoms with van der Waals surface area (Å²) in [5, 5.41) is 0. The summed E-state index contributed by atoms with van der Waals surface area (Å²) in [6, 6.07) is 12.9. The van der Waals surface area contributed by atoms with E-state index in [1.807, 2.05) is 30.0 Å². The Morgan fingerprint density at radius 3 is 2.48 bits per heavy atom. The third kappa shape index (κ3) is 4.59. The van der Waals surface area contributed by atoms with Crippen LogP contribution in [0.1, 0.15) is 30.9 Å². The Balaban J connectivity index is 1.54. The molecular formula is C22H27FN2O2. The van der Waals surface area contributed by atoms with Crippen molar-refractivity contribution in [2.75, 3.05) is 37.7 Å². The van der Waals surface area contributed by atoms with Crippen molar-refractivity contribution in [3.05, 3.63) is 59.4 Å². The van der Waals surface area contributed by atoms with Gasteiger partial charge in [-0.05, 0) is 42.2 Å². The topological polar surface area (TPSA) is 32.8 Å². The van der Waals surface area contributed by atoms with E-state index in [1.54, 1.807) is 17.0 Å². The summed E-state index contributed by atoms with van der Waals surface area (Å²) in [6.07, 6.45) is 0. The van der Waals surface area contributed by atoms with Crippen LogP contribution in [-0.2, 0) is 4.79 Å². The Labute approximate surface area is 160 Å². The number of hydrogen-bond acceptors (Lipinski definition) is 3. The van der Waals surface area contributed by atoms with Gasteiger partial charge in [0.1, 0.15) is 11.6 Å². The van der Waals surface area contributed by atoms with Gasteiger partial charge in [-0.25, -0.2) is 4.39 Å². The SMILES string of the molecule is Cc1ccc(C(C)C)cc1OCC(=O)N1CCN(c2ccccc2F)CC1. The summed E-state index contributed by atoms with van der Waals surface area (Å²) in [7, 11) is 0. The van der Waals surface area contributed by atoms with Crippen molar-refractivity contribution < 1.29 is 13.9 Å². The summed E-state index contributed by atoms with van der Waals surface area (Å²) >= 11 is 0. The highest BCUT2D eigenvalue weighted by molar-refractivity contribution is 5.78. The minimum absolute atomic E-state index is 0.0298. The lowest BCUT2D eigenvalue weighted by Gasteiger charge is -2.36. The highest BCUT2D eigenvalue weighted by atomic mass is 19.1. The molecule has 27 heavy (non-hydrogen) atoms. The molecule has 2 aromatic carbocycles. The number of hydrogen-bond donors (Lipinski definition) is 0. The molecule has 0 saturated carbocycles. The summed E-state index contributed by atoms with van der Waals surface area (Å²) in [5.41, 5.74) is 2.82. The number of piperazine rings is 1. The quantitative estimate of drug-likeness (QED) is 0.798. The van der Waals surface area contributed by atoms with Crippen molar-refractivity contribution in [1.82, 2.24) is 4.90 Å². The maximum Gasteiger partial charge on any atom is 0.260 e. The van der Waals surface area contributed by atoms with Crippen LogP contribution in [0, 0.1) is 12.7 Å². The first-order chi connectivity index (χ1) is 13.0. The number of halogens is 1. The first-order valence-electron chi connectivity index (χ1n) is 9.46. The fourth-order valence-electron chi connectivity index (χ4n) is 3.27. The van der Waals surface area contributed by atoms with Crippen LogP contribution in [0.4, 0.5) is 10.1 Å². The van der Waals surface area contributed by atoms with E-state index in [1.165, 1.54) is 11.6 Å². The van der Waals surface area contributed by atoms with E-state index in [2.05, 4.69) is 19.9 Å². The lowest BCUT2D eigenvalue weighted by molar-refractivity contribution is -0.133.